The maximum atomic E-state index is 13.4. The van der Waals surface area contributed by atoms with Gasteiger partial charge in [-0.1, -0.05) is 49.1 Å². The predicted molar refractivity (Wildman–Crippen MR) is 127 cm³/mol. The molecule has 184 valence electrons. The van der Waals surface area contributed by atoms with Gasteiger partial charge in [0.1, 0.15) is 17.7 Å². The Hall–Kier alpha value is -2.61. The van der Waals surface area contributed by atoms with E-state index in [2.05, 4.69) is 10.6 Å². The largest absolute Gasteiger partial charge is 0.444 e. The maximum absolute atomic E-state index is 13.4. The number of carbonyl (C=O) groups excluding carboxylic acids is 3. The quantitative estimate of drug-likeness (QED) is 0.551. The van der Waals surface area contributed by atoms with E-state index in [1.807, 2.05) is 31.2 Å². The van der Waals surface area contributed by atoms with Crippen LogP contribution in [0.2, 0.25) is 0 Å². The Morgan fingerprint density at radius 1 is 1.12 bits per heavy atom. The minimum Gasteiger partial charge on any atom is -0.444 e. The van der Waals surface area contributed by atoms with Gasteiger partial charge in [-0.05, 0) is 53.0 Å². The molecule has 33 heavy (non-hydrogen) atoms. The van der Waals surface area contributed by atoms with E-state index >= 15 is 0 Å². The van der Waals surface area contributed by atoms with Gasteiger partial charge in [-0.2, -0.15) is 0 Å². The zero-order valence-electron chi connectivity index (χ0n) is 20.5. The van der Waals surface area contributed by atoms with E-state index in [9.17, 15) is 19.5 Å². The van der Waals surface area contributed by atoms with Crippen LogP contribution in [0.1, 0.15) is 77.0 Å². The van der Waals surface area contributed by atoms with Crippen molar-refractivity contribution in [3.8, 4) is 0 Å². The van der Waals surface area contributed by atoms with Crippen LogP contribution in [0.25, 0.3) is 0 Å². The first-order valence-corrected chi connectivity index (χ1v) is 11.8. The number of aliphatic hydroxyl groups is 1. The highest BCUT2D eigenvalue weighted by Crippen LogP contribution is 2.25. The fourth-order valence-corrected chi connectivity index (χ4v) is 4.05. The highest BCUT2D eigenvalue weighted by Gasteiger charge is 2.36. The molecule has 0 bridgehead atoms. The van der Waals surface area contributed by atoms with E-state index in [4.69, 9.17) is 4.74 Å². The molecule has 2 rings (SSSR count). The Morgan fingerprint density at radius 2 is 1.73 bits per heavy atom. The highest BCUT2D eigenvalue weighted by atomic mass is 16.6. The van der Waals surface area contributed by atoms with Crippen molar-refractivity contribution in [2.24, 2.45) is 0 Å². The Kier molecular flexibility index (Phi) is 9.70. The number of aliphatic hydroxyl groups excluding tert-OH is 1. The van der Waals surface area contributed by atoms with Crippen molar-refractivity contribution in [3.05, 3.63) is 35.4 Å². The molecule has 1 saturated carbocycles. The lowest BCUT2D eigenvalue weighted by atomic mass is 9.94. The van der Waals surface area contributed by atoms with E-state index in [1.54, 1.807) is 27.7 Å². The third-order valence-corrected chi connectivity index (χ3v) is 5.70. The SMILES string of the molecule is CCN(C(=O)C(CO)NC(=O)OC(C)(C)C)C(C(=O)NC1CCCCC1)c1ccc(C)cc1. The lowest BCUT2D eigenvalue weighted by molar-refractivity contribution is -0.143. The fourth-order valence-electron chi connectivity index (χ4n) is 4.05. The Morgan fingerprint density at radius 3 is 2.24 bits per heavy atom. The molecule has 2 atom stereocenters. The third kappa shape index (κ3) is 8.03. The average Bonchev–Trinajstić information content (AvgIpc) is 2.75. The summed E-state index contributed by atoms with van der Waals surface area (Å²) in [5.41, 5.74) is 0.972. The van der Waals surface area contributed by atoms with Gasteiger partial charge in [-0.25, -0.2) is 4.79 Å². The molecular formula is C25H39N3O5. The molecule has 0 heterocycles. The first-order chi connectivity index (χ1) is 15.6. The number of benzene rings is 1. The second kappa shape index (κ2) is 12.0. The zero-order valence-corrected chi connectivity index (χ0v) is 20.5. The summed E-state index contributed by atoms with van der Waals surface area (Å²) >= 11 is 0. The predicted octanol–water partition coefficient (Wildman–Crippen LogP) is 3.22. The molecule has 2 unspecified atom stereocenters. The zero-order chi connectivity index (χ0) is 24.6. The van der Waals surface area contributed by atoms with Crippen molar-refractivity contribution in [2.45, 2.75) is 90.4 Å². The number of nitrogens with one attached hydrogen (secondary N) is 2. The number of alkyl carbamates (subject to hydrolysis) is 1. The van der Waals surface area contributed by atoms with Gasteiger partial charge in [0.2, 0.25) is 11.8 Å². The van der Waals surface area contributed by atoms with Crippen LogP contribution in [-0.2, 0) is 14.3 Å². The number of ether oxygens (including phenoxy) is 1. The van der Waals surface area contributed by atoms with Crippen molar-refractivity contribution in [1.82, 2.24) is 15.5 Å². The number of rotatable bonds is 8. The second-order valence-electron chi connectivity index (χ2n) is 9.66. The summed E-state index contributed by atoms with van der Waals surface area (Å²) in [6.07, 6.45) is 4.36. The van der Waals surface area contributed by atoms with Gasteiger partial charge < -0.3 is 25.4 Å². The molecule has 0 saturated heterocycles. The Bertz CT molecular complexity index is 797. The van der Waals surface area contributed by atoms with Crippen molar-refractivity contribution < 1.29 is 24.2 Å². The lowest BCUT2D eigenvalue weighted by Crippen LogP contribution is -2.55. The third-order valence-electron chi connectivity index (χ3n) is 5.70. The van der Waals surface area contributed by atoms with Gasteiger partial charge in [0.25, 0.3) is 0 Å². The van der Waals surface area contributed by atoms with E-state index in [1.165, 1.54) is 11.3 Å². The molecule has 1 fully saturated rings. The van der Waals surface area contributed by atoms with Crippen molar-refractivity contribution in [1.29, 1.82) is 0 Å². The maximum Gasteiger partial charge on any atom is 0.408 e. The summed E-state index contributed by atoms with van der Waals surface area (Å²) in [5, 5.41) is 15.4. The molecule has 1 aromatic carbocycles. The minimum atomic E-state index is -1.23. The van der Waals surface area contributed by atoms with E-state index < -0.39 is 36.3 Å². The summed E-state index contributed by atoms with van der Waals surface area (Å²) in [6, 6.07) is 5.46. The molecule has 8 heteroatoms. The van der Waals surface area contributed by atoms with E-state index in [-0.39, 0.29) is 18.5 Å². The molecule has 0 aromatic heterocycles. The molecule has 1 aliphatic carbocycles. The molecule has 0 spiro atoms. The van der Waals surface area contributed by atoms with Crippen LogP contribution >= 0.6 is 0 Å². The summed E-state index contributed by atoms with van der Waals surface area (Å²) in [7, 11) is 0. The molecule has 8 nitrogen and oxygen atoms in total. The normalized spacial score (nSPS) is 16.4. The number of nitrogens with zero attached hydrogens (tertiary/aromatic N) is 1. The standard InChI is InChI=1S/C25H39N3O5/c1-6-28(23(31)20(16-29)27-24(32)33-25(3,4)5)21(18-14-12-17(2)13-15-18)22(30)26-19-10-8-7-9-11-19/h12-15,19-21,29H,6-11,16H2,1-5H3,(H,26,30)(H,27,32). The van der Waals surface area contributed by atoms with Gasteiger partial charge in [0, 0.05) is 12.6 Å². The monoisotopic (exact) mass is 461 g/mol. The van der Waals surface area contributed by atoms with Gasteiger partial charge in [0.05, 0.1) is 6.61 Å². The number of hydrogen-bond acceptors (Lipinski definition) is 5. The minimum absolute atomic E-state index is 0.0848. The molecular weight excluding hydrogens is 422 g/mol. The van der Waals surface area contributed by atoms with Gasteiger partial charge >= 0.3 is 6.09 Å². The first-order valence-electron chi connectivity index (χ1n) is 11.8. The van der Waals surface area contributed by atoms with Crippen LogP contribution in [0, 0.1) is 6.92 Å². The Labute approximate surface area is 197 Å². The van der Waals surface area contributed by atoms with Gasteiger partial charge in [-0.15, -0.1) is 0 Å². The number of amides is 3. The molecule has 1 aromatic rings. The lowest BCUT2D eigenvalue weighted by Gasteiger charge is -2.34. The van der Waals surface area contributed by atoms with E-state index in [0.29, 0.717) is 5.56 Å². The van der Waals surface area contributed by atoms with Crippen molar-refractivity contribution in [2.75, 3.05) is 13.2 Å². The summed E-state index contributed by atoms with van der Waals surface area (Å²) in [5.74, 6) is -0.801. The average molecular weight is 462 g/mol. The van der Waals surface area contributed by atoms with Crippen LogP contribution in [0.5, 0.6) is 0 Å². The molecule has 0 aliphatic heterocycles. The van der Waals surface area contributed by atoms with Gasteiger partial charge in [0.15, 0.2) is 0 Å². The van der Waals surface area contributed by atoms with Crippen LogP contribution in [0.15, 0.2) is 24.3 Å². The van der Waals surface area contributed by atoms with Crippen LogP contribution in [-0.4, -0.2) is 58.8 Å². The van der Waals surface area contributed by atoms with Crippen molar-refractivity contribution in [3.63, 3.8) is 0 Å². The molecule has 3 N–H and O–H groups in total. The first kappa shape index (κ1) is 26.6. The van der Waals surface area contributed by atoms with Crippen LogP contribution < -0.4 is 10.6 Å². The number of hydrogen-bond donors (Lipinski definition) is 3. The number of likely N-dealkylation sites (N-methyl/N-ethyl adjacent to an activating group) is 1. The number of carbonyl (C=O) groups is 3. The highest BCUT2D eigenvalue weighted by molar-refractivity contribution is 5.92. The topological polar surface area (TPSA) is 108 Å². The smallest absolute Gasteiger partial charge is 0.408 e. The van der Waals surface area contributed by atoms with Crippen molar-refractivity contribution >= 4 is 17.9 Å². The van der Waals surface area contributed by atoms with Crippen LogP contribution in [0.3, 0.4) is 0 Å². The summed E-state index contributed by atoms with van der Waals surface area (Å²) in [4.78, 5) is 40.5. The van der Waals surface area contributed by atoms with Crippen LogP contribution in [0.4, 0.5) is 4.79 Å². The number of aryl methyl sites for hydroxylation is 1. The van der Waals surface area contributed by atoms with Gasteiger partial charge in [-0.3, -0.25) is 9.59 Å². The molecule has 1 aliphatic rings. The summed E-state index contributed by atoms with van der Waals surface area (Å²) < 4.78 is 5.23. The fraction of sp³-hybridized carbons (Fsp3) is 0.640. The van der Waals surface area contributed by atoms with E-state index in [0.717, 1.165) is 31.2 Å². The second-order valence-corrected chi connectivity index (χ2v) is 9.66. The molecule has 0 radical (unpaired) electrons. The summed E-state index contributed by atoms with van der Waals surface area (Å²) in [6.45, 7) is 8.48. The molecule has 3 amide bonds. The Balaban J connectivity index is 2.28.